The van der Waals surface area contributed by atoms with Crippen LogP contribution >= 0.6 is 15.9 Å². The Labute approximate surface area is 211 Å². The van der Waals surface area contributed by atoms with Crippen LogP contribution in [0.5, 0.6) is 0 Å². The number of rotatable bonds is 11. The highest BCUT2D eigenvalue weighted by Gasteiger charge is 2.32. The Morgan fingerprint density at radius 2 is 1.71 bits per heavy atom. The Morgan fingerprint density at radius 1 is 1.06 bits per heavy atom. The van der Waals surface area contributed by atoms with E-state index < -0.39 is 28.5 Å². The van der Waals surface area contributed by atoms with Crippen molar-refractivity contribution in [2.45, 2.75) is 59.2 Å². The molecule has 7 nitrogen and oxygen atoms in total. The molecule has 2 unspecified atom stereocenters. The summed E-state index contributed by atoms with van der Waals surface area (Å²) >= 11 is 3.34. The van der Waals surface area contributed by atoms with E-state index in [0.717, 1.165) is 32.6 Å². The monoisotopic (exact) mass is 551 g/mol. The fraction of sp³-hybridized carbons (Fsp3) is 0.440. The van der Waals surface area contributed by atoms with Gasteiger partial charge in [-0.15, -0.1) is 0 Å². The topological polar surface area (TPSA) is 86.8 Å². The van der Waals surface area contributed by atoms with Crippen LogP contribution in [0.25, 0.3) is 0 Å². The highest BCUT2D eigenvalue weighted by atomic mass is 79.9. The number of hydrogen-bond donors (Lipinski definition) is 1. The van der Waals surface area contributed by atoms with Gasteiger partial charge in [0.25, 0.3) is 0 Å². The molecule has 0 aliphatic rings. The Bertz CT molecular complexity index is 1090. The normalized spacial score (nSPS) is 13.1. The number of anilines is 1. The quantitative estimate of drug-likeness (QED) is 0.452. The molecule has 2 aromatic rings. The van der Waals surface area contributed by atoms with Gasteiger partial charge in [0, 0.05) is 17.1 Å². The number of carbonyl (C=O) groups excluding carboxylic acids is 2. The summed E-state index contributed by atoms with van der Waals surface area (Å²) in [6.45, 7) is 7.49. The van der Waals surface area contributed by atoms with E-state index in [2.05, 4.69) is 21.2 Å². The van der Waals surface area contributed by atoms with Crippen molar-refractivity contribution in [3.05, 3.63) is 64.1 Å². The van der Waals surface area contributed by atoms with E-state index in [-0.39, 0.29) is 18.5 Å². The third-order valence-electron chi connectivity index (χ3n) is 5.62. The van der Waals surface area contributed by atoms with E-state index >= 15 is 0 Å². The zero-order valence-corrected chi connectivity index (χ0v) is 22.8. The van der Waals surface area contributed by atoms with E-state index in [0.29, 0.717) is 12.1 Å². The number of sulfonamides is 1. The molecule has 1 N–H and O–H groups in total. The maximum atomic E-state index is 13.6. The summed E-state index contributed by atoms with van der Waals surface area (Å²) in [5.41, 5.74) is 2.29. The van der Waals surface area contributed by atoms with Crippen LogP contribution in [-0.4, -0.2) is 50.0 Å². The molecule has 2 aromatic carbocycles. The number of nitrogens with one attached hydrogen (secondary N) is 1. The molecule has 9 heteroatoms. The van der Waals surface area contributed by atoms with Crippen LogP contribution in [0.4, 0.5) is 5.69 Å². The molecule has 2 rings (SSSR count). The molecular weight excluding hydrogens is 518 g/mol. The zero-order valence-electron chi connectivity index (χ0n) is 20.4. The fourth-order valence-electron chi connectivity index (χ4n) is 3.59. The average molecular weight is 553 g/mol. The third-order valence-corrected chi connectivity index (χ3v) is 7.29. The standard InChI is InChI=1S/C25H34BrN3O4S/c1-6-19(4)27-25(31)23(7-2)28(16-20-10-8-9-18(3)15-20)24(30)17-29(34(5,32)33)22-13-11-21(26)12-14-22/h8-15,19,23H,6-7,16-17H2,1-5H3,(H,27,31). The summed E-state index contributed by atoms with van der Waals surface area (Å²) in [6, 6.07) is 13.7. The molecule has 0 aromatic heterocycles. The van der Waals surface area contributed by atoms with Gasteiger partial charge in [-0.25, -0.2) is 8.42 Å². The van der Waals surface area contributed by atoms with E-state index in [1.807, 2.05) is 52.0 Å². The van der Waals surface area contributed by atoms with Crippen molar-refractivity contribution in [2.24, 2.45) is 0 Å². The first kappa shape index (κ1) is 27.9. The maximum absolute atomic E-state index is 13.6. The second kappa shape index (κ2) is 12.4. The summed E-state index contributed by atoms with van der Waals surface area (Å²) in [6.07, 6.45) is 2.23. The summed E-state index contributed by atoms with van der Waals surface area (Å²) < 4.78 is 27.1. The Hall–Kier alpha value is -2.39. The minimum absolute atomic E-state index is 0.0345. The number of amides is 2. The van der Waals surface area contributed by atoms with Crippen molar-refractivity contribution in [1.82, 2.24) is 10.2 Å². The molecule has 186 valence electrons. The van der Waals surface area contributed by atoms with Gasteiger partial charge in [-0.3, -0.25) is 13.9 Å². The van der Waals surface area contributed by atoms with Gasteiger partial charge in [0.2, 0.25) is 21.8 Å². The van der Waals surface area contributed by atoms with Gasteiger partial charge in [-0.05, 0) is 56.5 Å². The number of benzene rings is 2. The van der Waals surface area contributed by atoms with Gasteiger partial charge in [0.15, 0.2) is 0 Å². The highest BCUT2D eigenvalue weighted by molar-refractivity contribution is 9.10. The van der Waals surface area contributed by atoms with Crippen LogP contribution in [-0.2, 0) is 26.2 Å². The van der Waals surface area contributed by atoms with E-state index in [4.69, 9.17) is 0 Å². The molecule has 0 fully saturated rings. The van der Waals surface area contributed by atoms with Crippen LogP contribution in [0, 0.1) is 6.92 Å². The molecule has 0 aliphatic heterocycles. The fourth-order valence-corrected chi connectivity index (χ4v) is 4.70. The summed E-state index contributed by atoms with van der Waals surface area (Å²) in [5.74, 6) is -0.687. The smallest absolute Gasteiger partial charge is 0.244 e. The minimum atomic E-state index is -3.74. The minimum Gasteiger partial charge on any atom is -0.352 e. The van der Waals surface area contributed by atoms with Crippen LogP contribution in [0.3, 0.4) is 0 Å². The van der Waals surface area contributed by atoms with Crippen LogP contribution in [0.15, 0.2) is 53.0 Å². The molecule has 0 bridgehead atoms. The largest absolute Gasteiger partial charge is 0.352 e. The predicted octanol–water partition coefficient (Wildman–Crippen LogP) is 4.25. The number of nitrogens with zero attached hydrogens (tertiary/aromatic N) is 2. The van der Waals surface area contributed by atoms with Crippen LogP contribution in [0.2, 0.25) is 0 Å². The van der Waals surface area contributed by atoms with Gasteiger partial charge in [-0.1, -0.05) is 59.6 Å². The van der Waals surface area contributed by atoms with Crippen molar-refractivity contribution in [2.75, 3.05) is 17.1 Å². The van der Waals surface area contributed by atoms with Crippen molar-refractivity contribution >= 4 is 43.5 Å². The lowest BCUT2D eigenvalue weighted by Crippen LogP contribution is -2.53. The molecular formula is C25H34BrN3O4S. The Kier molecular flexibility index (Phi) is 10.1. The van der Waals surface area contributed by atoms with Crippen molar-refractivity contribution in [3.63, 3.8) is 0 Å². The predicted molar refractivity (Wildman–Crippen MR) is 140 cm³/mol. The van der Waals surface area contributed by atoms with E-state index in [1.165, 1.54) is 4.90 Å². The van der Waals surface area contributed by atoms with Gasteiger partial charge >= 0.3 is 0 Å². The van der Waals surface area contributed by atoms with Gasteiger partial charge in [-0.2, -0.15) is 0 Å². The lowest BCUT2D eigenvalue weighted by Gasteiger charge is -2.33. The molecule has 0 heterocycles. The lowest BCUT2D eigenvalue weighted by atomic mass is 10.1. The molecule has 0 radical (unpaired) electrons. The molecule has 0 spiro atoms. The summed E-state index contributed by atoms with van der Waals surface area (Å²) in [5, 5.41) is 2.96. The van der Waals surface area contributed by atoms with Crippen molar-refractivity contribution in [3.8, 4) is 0 Å². The molecule has 34 heavy (non-hydrogen) atoms. The van der Waals surface area contributed by atoms with Gasteiger partial charge < -0.3 is 10.2 Å². The van der Waals surface area contributed by atoms with E-state index in [1.54, 1.807) is 24.3 Å². The van der Waals surface area contributed by atoms with Crippen LogP contribution in [0.1, 0.15) is 44.7 Å². The zero-order chi connectivity index (χ0) is 25.5. The van der Waals surface area contributed by atoms with Gasteiger partial charge in [0.1, 0.15) is 12.6 Å². The molecule has 0 aliphatic carbocycles. The molecule has 2 atom stereocenters. The Morgan fingerprint density at radius 3 is 2.24 bits per heavy atom. The molecule has 0 saturated heterocycles. The Balaban J connectivity index is 2.43. The third kappa shape index (κ3) is 7.84. The summed E-state index contributed by atoms with van der Waals surface area (Å²) in [7, 11) is -3.74. The van der Waals surface area contributed by atoms with Crippen molar-refractivity contribution in [1.29, 1.82) is 0 Å². The average Bonchev–Trinajstić information content (AvgIpc) is 2.77. The first-order chi connectivity index (χ1) is 16.0. The lowest BCUT2D eigenvalue weighted by molar-refractivity contribution is -0.140. The molecule has 0 saturated carbocycles. The first-order valence-corrected chi connectivity index (χ1v) is 14.0. The SMILES string of the molecule is CCC(C)NC(=O)C(CC)N(Cc1cccc(C)c1)C(=O)CN(c1ccc(Br)cc1)S(C)(=O)=O. The number of hydrogen-bond acceptors (Lipinski definition) is 4. The van der Waals surface area contributed by atoms with Gasteiger partial charge in [0.05, 0.1) is 11.9 Å². The number of carbonyl (C=O) groups is 2. The maximum Gasteiger partial charge on any atom is 0.244 e. The molecule has 2 amide bonds. The van der Waals surface area contributed by atoms with Crippen LogP contribution < -0.4 is 9.62 Å². The summed E-state index contributed by atoms with van der Waals surface area (Å²) in [4.78, 5) is 28.2. The first-order valence-electron chi connectivity index (χ1n) is 11.3. The second-order valence-electron chi connectivity index (χ2n) is 8.50. The number of halogens is 1. The highest BCUT2D eigenvalue weighted by Crippen LogP contribution is 2.22. The number of aryl methyl sites for hydroxylation is 1. The van der Waals surface area contributed by atoms with Crippen molar-refractivity contribution < 1.29 is 18.0 Å². The second-order valence-corrected chi connectivity index (χ2v) is 11.3. The van der Waals surface area contributed by atoms with E-state index in [9.17, 15) is 18.0 Å².